The number of piperazine rings is 1. The fraction of sp³-hybridized carbons (Fsp3) is 0.364. The molecule has 2 atom stereocenters. The van der Waals surface area contributed by atoms with Gasteiger partial charge in [0.2, 0.25) is 0 Å². The molecule has 1 aliphatic carbocycles. The predicted octanol–water partition coefficient (Wildman–Crippen LogP) is 3.53. The Bertz CT molecular complexity index is 1110. The van der Waals surface area contributed by atoms with Crippen LogP contribution in [0.2, 0.25) is 0 Å². The molecule has 8 heteroatoms. The number of nitrogens with one attached hydrogen (secondary N) is 2. The highest BCUT2D eigenvalue weighted by Crippen LogP contribution is 2.36. The molecule has 1 aromatic heterocycles. The molecule has 0 radical (unpaired) electrons. The largest absolute Gasteiger partial charge is 0.460 e. The van der Waals surface area contributed by atoms with Gasteiger partial charge in [0.05, 0.1) is 21.9 Å². The number of halogens is 1. The molecule has 0 spiro atoms. The van der Waals surface area contributed by atoms with Crippen LogP contribution in [-0.2, 0) is 0 Å². The highest BCUT2D eigenvalue weighted by molar-refractivity contribution is 8.01. The molecule has 5 rings (SSSR count). The van der Waals surface area contributed by atoms with Crippen LogP contribution in [0.1, 0.15) is 23.0 Å². The summed E-state index contributed by atoms with van der Waals surface area (Å²) in [6, 6.07) is 5.74. The molecule has 1 saturated heterocycles. The predicted molar refractivity (Wildman–Crippen MR) is 119 cm³/mol. The van der Waals surface area contributed by atoms with Crippen molar-refractivity contribution >= 4 is 40.0 Å². The van der Waals surface area contributed by atoms with E-state index in [-0.39, 0.29) is 22.4 Å². The van der Waals surface area contributed by atoms with Gasteiger partial charge in [0.25, 0.3) is 5.91 Å². The monoisotopic (exact) mass is 426 g/mol. The number of rotatable bonds is 3. The maximum Gasteiger partial charge on any atom is 0.259 e. The number of allylic oxidation sites excluding steroid dienone is 2. The van der Waals surface area contributed by atoms with Crippen LogP contribution in [0.15, 0.2) is 51.3 Å². The number of fused-ring (bicyclic) bond motifs is 2. The number of aryl methyl sites for hydroxylation is 1. The van der Waals surface area contributed by atoms with E-state index < -0.39 is 0 Å². The van der Waals surface area contributed by atoms with Crippen molar-refractivity contribution in [3.63, 3.8) is 0 Å². The van der Waals surface area contributed by atoms with Crippen molar-refractivity contribution < 1.29 is 13.6 Å². The summed E-state index contributed by atoms with van der Waals surface area (Å²) in [5.41, 5.74) is 2.98. The fourth-order valence-electron chi connectivity index (χ4n) is 4.18. The van der Waals surface area contributed by atoms with Crippen molar-refractivity contribution in [2.24, 2.45) is 4.99 Å². The number of thioether (sulfide) groups is 1. The standard InChI is InChI=1S/C22H23FN4O2S/c1-12-9-16-18(27-7-5-24-6-8-27)4-3-15(21(16)29-12)22(28)26-14-10-17(23)20-19(11-14)30-13(2)25-20/h3-4,9-11,13,19,24H,5-8H2,1-2H3,(H,26,28). The number of hydrogen-bond donors (Lipinski definition) is 2. The summed E-state index contributed by atoms with van der Waals surface area (Å²) in [6.07, 6.45) is 3.19. The summed E-state index contributed by atoms with van der Waals surface area (Å²) in [4.78, 5) is 19.7. The molecule has 1 amide bonds. The van der Waals surface area contributed by atoms with E-state index in [0.29, 0.717) is 22.6 Å². The van der Waals surface area contributed by atoms with Crippen LogP contribution in [0.5, 0.6) is 0 Å². The number of carbonyl (C=O) groups excluding carboxylic acids is 1. The molecule has 3 aliphatic rings. The van der Waals surface area contributed by atoms with Gasteiger partial charge in [-0.05, 0) is 44.2 Å². The molecule has 6 nitrogen and oxygen atoms in total. The minimum Gasteiger partial charge on any atom is -0.460 e. The number of aliphatic imine (C=N–C) groups is 1. The zero-order valence-corrected chi connectivity index (χ0v) is 17.7. The summed E-state index contributed by atoms with van der Waals surface area (Å²) in [5, 5.41) is 6.97. The lowest BCUT2D eigenvalue weighted by Gasteiger charge is -2.30. The van der Waals surface area contributed by atoms with E-state index in [1.54, 1.807) is 17.8 Å². The van der Waals surface area contributed by atoms with E-state index in [9.17, 15) is 9.18 Å². The Kier molecular flexibility index (Phi) is 4.91. The molecule has 3 heterocycles. The highest BCUT2D eigenvalue weighted by Gasteiger charge is 2.31. The normalized spacial score (nSPS) is 23.7. The molecular weight excluding hydrogens is 403 g/mol. The zero-order valence-electron chi connectivity index (χ0n) is 16.9. The number of furan rings is 1. The second-order valence-corrected chi connectivity index (χ2v) is 9.17. The van der Waals surface area contributed by atoms with E-state index >= 15 is 0 Å². The van der Waals surface area contributed by atoms with Crippen LogP contribution in [-0.4, -0.2) is 48.4 Å². The second kappa shape index (κ2) is 7.59. The molecule has 156 valence electrons. The van der Waals surface area contributed by atoms with Crippen LogP contribution in [0.4, 0.5) is 10.1 Å². The van der Waals surface area contributed by atoms with Gasteiger partial charge in [0.1, 0.15) is 17.2 Å². The van der Waals surface area contributed by atoms with Gasteiger partial charge in [-0.2, -0.15) is 0 Å². The van der Waals surface area contributed by atoms with Crippen LogP contribution in [0, 0.1) is 6.92 Å². The van der Waals surface area contributed by atoms with Gasteiger partial charge in [-0.1, -0.05) is 0 Å². The number of nitrogens with zero attached hydrogens (tertiary/aromatic N) is 2. The van der Waals surface area contributed by atoms with Gasteiger partial charge in [-0.25, -0.2) is 4.39 Å². The average molecular weight is 427 g/mol. The Balaban J connectivity index is 1.45. The first-order valence-corrected chi connectivity index (χ1v) is 11.1. The lowest BCUT2D eigenvalue weighted by molar-refractivity contribution is 0.0967. The molecule has 0 bridgehead atoms. The second-order valence-electron chi connectivity index (χ2n) is 7.71. The van der Waals surface area contributed by atoms with E-state index in [4.69, 9.17) is 4.42 Å². The van der Waals surface area contributed by atoms with Gasteiger partial charge in [0.15, 0.2) is 0 Å². The van der Waals surface area contributed by atoms with Crippen molar-refractivity contribution in [1.82, 2.24) is 10.6 Å². The first-order chi connectivity index (χ1) is 14.5. The van der Waals surface area contributed by atoms with Crippen LogP contribution in [0.3, 0.4) is 0 Å². The Morgan fingerprint density at radius 1 is 1.37 bits per heavy atom. The third-order valence-corrected chi connectivity index (χ3v) is 6.69. The summed E-state index contributed by atoms with van der Waals surface area (Å²) < 4.78 is 20.3. The maximum atomic E-state index is 14.4. The number of benzene rings is 1. The smallest absolute Gasteiger partial charge is 0.259 e. The SMILES string of the molecule is Cc1cc2c(N3CCNCC3)ccc(C(=O)NC3=CC4SC(C)N=C4C(F)=C3)c2o1. The van der Waals surface area contributed by atoms with Crippen molar-refractivity contribution in [2.75, 3.05) is 31.1 Å². The highest BCUT2D eigenvalue weighted by atomic mass is 32.2. The average Bonchev–Trinajstić information content (AvgIpc) is 3.29. The number of amides is 1. The number of carbonyl (C=O) groups is 1. The van der Waals surface area contributed by atoms with Crippen molar-refractivity contribution in [2.45, 2.75) is 24.5 Å². The molecule has 1 fully saturated rings. The van der Waals surface area contributed by atoms with E-state index in [0.717, 1.165) is 43.0 Å². The van der Waals surface area contributed by atoms with Crippen molar-refractivity contribution in [3.05, 3.63) is 53.2 Å². The minimum atomic E-state index is -0.386. The van der Waals surface area contributed by atoms with Gasteiger partial charge >= 0.3 is 0 Å². The van der Waals surface area contributed by atoms with E-state index in [2.05, 4.69) is 20.5 Å². The molecule has 30 heavy (non-hydrogen) atoms. The van der Waals surface area contributed by atoms with Gasteiger partial charge in [0, 0.05) is 42.9 Å². The van der Waals surface area contributed by atoms with Crippen molar-refractivity contribution in [3.8, 4) is 0 Å². The first kappa shape index (κ1) is 19.4. The van der Waals surface area contributed by atoms with Crippen molar-refractivity contribution in [1.29, 1.82) is 0 Å². The van der Waals surface area contributed by atoms with Crippen LogP contribution < -0.4 is 15.5 Å². The summed E-state index contributed by atoms with van der Waals surface area (Å²) in [7, 11) is 0. The van der Waals surface area contributed by atoms with Gasteiger partial charge in [-0.3, -0.25) is 9.79 Å². The molecule has 0 saturated carbocycles. The maximum absolute atomic E-state index is 14.4. The molecular formula is C22H23FN4O2S. The van der Waals surface area contributed by atoms with E-state index in [1.807, 2.05) is 32.1 Å². The molecule has 2 unspecified atom stereocenters. The van der Waals surface area contributed by atoms with Gasteiger partial charge < -0.3 is 20.0 Å². The number of hydrogen-bond acceptors (Lipinski definition) is 6. The van der Waals surface area contributed by atoms with Crippen LogP contribution >= 0.6 is 11.8 Å². The fourth-order valence-corrected chi connectivity index (χ4v) is 5.31. The first-order valence-electron chi connectivity index (χ1n) is 10.1. The summed E-state index contributed by atoms with van der Waals surface area (Å²) >= 11 is 1.56. The van der Waals surface area contributed by atoms with Gasteiger partial charge in [-0.15, -0.1) is 11.8 Å². The Morgan fingerprint density at radius 2 is 2.17 bits per heavy atom. The minimum absolute atomic E-state index is 0.0127. The topological polar surface area (TPSA) is 69.9 Å². The zero-order chi connectivity index (χ0) is 20.8. The summed E-state index contributed by atoms with van der Waals surface area (Å²) in [5.74, 6) is 0.0531. The lowest BCUT2D eigenvalue weighted by Crippen LogP contribution is -2.43. The quantitative estimate of drug-likeness (QED) is 0.786. The van der Waals surface area contributed by atoms with E-state index in [1.165, 1.54) is 6.08 Å². The molecule has 2 N–H and O–H groups in total. The Morgan fingerprint density at radius 3 is 2.97 bits per heavy atom. The Hall–Kier alpha value is -2.58. The molecule has 2 aliphatic heterocycles. The Labute approximate surface area is 178 Å². The lowest BCUT2D eigenvalue weighted by atomic mass is 10.1. The number of anilines is 1. The van der Waals surface area contributed by atoms with Crippen LogP contribution in [0.25, 0.3) is 11.0 Å². The molecule has 1 aromatic carbocycles. The third-order valence-electron chi connectivity index (χ3n) is 5.54. The molecule has 2 aromatic rings. The third kappa shape index (κ3) is 3.44. The summed E-state index contributed by atoms with van der Waals surface area (Å²) in [6.45, 7) is 7.48.